The van der Waals surface area contributed by atoms with Crippen LogP contribution >= 0.6 is 24.8 Å². The zero-order valence-corrected chi connectivity index (χ0v) is 21.7. The third-order valence-corrected chi connectivity index (χ3v) is 6.41. The lowest BCUT2D eigenvalue weighted by Crippen LogP contribution is -2.17. The van der Waals surface area contributed by atoms with Crippen molar-refractivity contribution in [2.45, 2.75) is 148 Å². The highest BCUT2D eigenvalue weighted by molar-refractivity contribution is 8.11. The maximum atomic E-state index is 8.75. The van der Waals surface area contributed by atoms with Gasteiger partial charge in [0.2, 0.25) is 0 Å². The molecule has 0 bridgehead atoms. The monoisotopic (exact) mass is 459 g/mol. The Balaban J connectivity index is 2.99. The molecule has 0 atom stereocenters. The Bertz CT molecular complexity index is 339. The Morgan fingerprint density at radius 3 is 0.933 bits per heavy atom. The molecule has 0 aliphatic heterocycles. The molecular formula is C26H53NOS2. The van der Waals surface area contributed by atoms with E-state index in [1.54, 1.807) is 0 Å². The standard InChI is InChI=1S/C26H53NOS2/c28-25-23-21-19-17-15-13-11-9-7-5-3-1-2-4-6-8-10-12-14-16-18-20-22-24-27-26(29)30/h28H,1-25H2,(H2,27,29,30). The van der Waals surface area contributed by atoms with Gasteiger partial charge in [-0.15, -0.1) is 12.6 Å². The van der Waals surface area contributed by atoms with Gasteiger partial charge in [-0.1, -0.05) is 147 Å². The minimum atomic E-state index is 0.368. The quantitative estimate of drug-likeness (QED) is 0.0724. The predicted octanol–water partition coefficient (Wildman–Crippen LogP) is 8.76. The third kappa shape index (κ3) is 28.2. The van der Waals surface area contributed by atoms with Crippen LogP contribution in [0.15, 0.2) is 0 Å². The molecule has 0 aliphatic rings. The van der Waals surface area contributed by atoms with Crippen LogP contribution in [0.5, 0.6) is 0 Å². The molecule has 0 aliphatic carbocycles. The van der Waals surface area contributed by atoms with E-state index in [-0.39, 0.29) is 0 Å². The molecule has 0 saturated carbocycles. The van der Waals surface area contributed by atoms with Crippen LogP contribution in [0.25, 0.3) is 0 Å². The smallest absolute Gasteiger partial charge is 0.130 e. The van der Waals surface area contributed by atoms with E-state index >= 15 is 0 Å². The molecule has 0 rings (SSSR count). The van der Waals surface area contributed by atoms with Crippen LogP contribution < -0.4 is 5.32 Å². The predicted molar refractivity (Wildman–Crippen MR) is 143 cm³/mol. The Morgan fingerprint density at radius 1 is 0.467 bits per heavy atom. The fourth-order valence-electron chi connectivity index (χ4n) is 4.14. The van der Waals surface area contributed by atoms with Gasteiger partial charge >= 0.3 is 0 Å². The average molecular weight is 460 g/mol. The molecule has 0 spiro atoms. The molecular weight excluding hydrogens is 406 g/mol. The number of aliphatic hydroxyl groups is 1. The Labute approximate surface area is 200 Å². The largest absolute Gasteiger partial charge is 0.396 e. The topological polar surface area (TPSA) is 32.3 Å². The van der Waals surface area contributed by atoms with Gasteiger partial charge in [0.05, 0.1) is 0 Å². The molecule has 0 aromatic carbocycles. The van der Waals surface area contributed by atoms with E-state index < -0.39 is 0 Å². The molecule has 0 unspecified atom stereocenters. The molecule has 0 saturated heterocycles. The lowest BCUT2D eigenvalue weighted by Gasteiger charge is -2.05. The summed E-state index contributed by atoms with van der Waals surface area (Å²) in [6.07, 6.45) is 31.8. The number of hydrogen-bond acceptors (Lipinski definition) is 2. The fraction of sp³-hybridized carbons (Fsp3) is 0.962. The van der Waals surface area contributed by atoms with Crippen molar-refractivity contribution in [3.05, 3.63) is 0 Å². The van der Waals surface area contributed by atoms with Gasteiger partial charge in [-0.25, -0.2) is 0 Å². The Hall–Kier alpha value is 0.200. The average Bonchev–Trinajstić information content (AvgIpc) is 2.73. The van der Waals surface area contributed by atoms with Crippen LogP contribution in [0.2, 0.25) is 0 Å². The molecule has 0 aromatic rings. The minimum absolute atomic E-state index is 0.368. The number of hydrogen-bond donors (Lipinski definition) is 3. The molecule has 0 aromatic heterocycles. The minimum Gasteiger partial charge on any atom is -0.396 e. The van der Waals surface area contributed by atoms with Crippen molar-refractivity contribution in [1.29, 1.82) is 0 Å². The van der Waals surface area contributed by atoms with E-state index in [1.807, 2.05) is 0 Å². The van der Waals surface area contributed by atoms with E-state index in [2.05, 4.69) is 17.9 Å². The normalized spacial score (nSPS) is 11.1. The summed E-state index contributed by atoms with van der Waals surface area (Å²) in [4.78, 5) is 0. The molecule has 4 heteroatoms. The van der Waals surface area contributed by atoms with Gasteiger partial charge in [-0.05, 0) is 12.8 Å². The van der Waals surface area contributed by atoms with Crippen LogP contribution in [0.1, 0.15) is 148 Å². The van der Waals surface area contributed by atoms with E-state index in [0.717, 1.165) is 13.0 Å². The number of unbranched alkanes of at least 4 members (excludes halogenated alkanes) is 22. The first-order chi connectivity index (χ1) is 14.8. The van der Waals surface area contributed by atoms with Gasteiger partial charge in [0.1, 0.15) is 4.32 Å². The van der Waals surface area contributed by atoms with Crippen LogP contribution in [0, 0.1) is 0 Å². The van der Waals surface area contributed by atoms with Crippen LogP contribution in [-0.2, 0) is 0 Å². The maximum Gasteiger partial charge on any atom is 0.130 e. The van der Waals surface area contributed by atoms with Crippen LogP contribution in [0.3, 0.4) is 0 Å². The van der Waals surface area contributed by atoms with Crippen molar-refractivity contribution in [3.8, 4) is 0 Å². The van der Waals surface area contributed by atoms with E-state index in [1.165, 1.54) is 141 Å². The van der Waals surface area contributed by atoms with Crippen molar-refractivity contribution in [3.63, 3.8) is 0 Å². The number of thiocarbonyl (C=S) groups is 1. The summed E-state index contributed by atoms with van der Waals surface area (Å²) in [5, 5.41) is 11.8. The Morgan fingerprint density at radius 2 is 0.700 bits per heavy atom. The molecule has 0 amide bonds. The molecule has 2 N–H and O–H groups in total. The molecule has 0 heterocycles. The first kappa shape index (κ1) is 30.2. The van der Waals surface area contributed by atoms with E-state index in [9.17, 15) is 0 Å². The number of rotatable bonds is 25. The van der Waals surface area contributed by atoms with Crippen LogP contribution in [0.4, 0.5) is 0 Å². The molecule has 2 nitrogen and oxygen atoms in total. The first-order valence-electron chi connectivity index (χ1n) is 13.3. The number of thiol groups is 1. The second kappa shape index (κ2) is 27.2. The lowest BCUT2D eigenvalue weighted by molar-refractivity contribution is 0.282. The fourth-order valence-corrected chi connectivity index (χ4v) is 4.36. The summed E-state index contributed by atoms with van der Waals surface area (Å²) >= 11 is 8.95. The van der Waals surface area contributed by atoms with Crippen molar-refractivity contribution >= 4 is 29.2 Å². The zero-order chi connectivity index (χ0) is 22.0. The molecule has 180 valence electrons. The molecule has 0 fully saturated rings. The summed E-state index contributed by atoms with van der Waals surface area (Å²) in [6, 6.07) is 0. The van der Waals surface area contributed by atoms with Gasteiger partial charge in [0, 0.05) is 13.2 Å². The summed E-state index contributed by atoms with van der Waals surface area (Å²) in [7, 11) is 0. The second-order valence-electron chi connectivity index (χ2n) is 9.09. The third-order valence-electron chi connectivity index (χ3n) is 6.11. The van der Waals surface area contributed by atoms with E-state index in [0.29, 0.717) is 10.9 Å². The number of aliphatic hydroxyl groups excluding tert-OH is 1. The van der Waals surface area contributed by atoms with Gasteiger partial charge in [0.15, 0.2) is 0 Å². The SMILES string of the molecule is OCCCCCCCCCCCCCCCCCCCCCCCCCNC(=S)S. The van der Waals surface area contributed by atoms with Crippen molar-refractivity contribution < 1.29 is 5.11 Å². The highest BCUT2D eigenvalue weighted by atomic mass is 32.1. The summed E-state index contributed by atoms with van der Waals surface area (Å²) in [5.74, 6) is 0. The number of nitrogens with one attached hydrogen (secondary N) is 1. The van der Waals surface area contributed by atoms with Gasteiger partial charge in [0.25, 0.3) is 0 Å². The second-order valence-corrected chi connectivity index (χ2v) is 10.2. The highest BCUT2D eigenvalue weighted by Crippen LogP contribution is 2.15. The lowest BCUT2D eigenvalue weighted by atomic mass is 10.0. The first-order valence-corrected chi connectivity index (χ1v) is 14.2. The van der Waals surface area contributed by atoms with Crippen molar-refractivity contribution in [1.82, 2.24) is 5.32 Å². The molecule has 30 heavy (non-hydrogen) atoms. The summed E-state index contributed by atoms with van der Waals surface area (Å²) < 4.78 is 0.624. The summed E-state index contributed by atoms with van der Waals surface area (Å²) in [6.45, 7) is 1.35. The van der Waals surface area contributed by atoms with Crippen molar-refractivity contribution in [2.75, 3.05) is 13.2 Å². The van der Waals surface area contributed by atoms with Gasteiger partial charge in [-0.2, -0.15) is 0 Å². The van der Waals surface area contributed by atoms with E-state index in [4.69, 9.17) is 17.3 Å². The maximum absolute atomic E-state index is 8.75. The Kier molecular flexibility index (Phi) is 27.4. The zero-order valence-electron chi connectivity index (χ0n) is 20.0. The van der Waals surface area contributed by atoms with Crippen molar-refractivity contribution in [2.24, 2.45) is 0 Å². The summed E-state index contributed by atoms with van der Waals surface area (Å²) in [5.41, 5.74) is 0. The van der Waals surface area contributed by atoms with Gasteiger partial charge < -0.3 is 10.4 Å². The highest BCUT2D eigenvalue weighted by Gasteiger charge is 1.96. The molecule has 0 radical (unpaired) electrons. The van der Waals surface area contributed by atoms with Crippen LogP contribution in [-0.4, -0.2) is 22.6 Å². The van der Waals surface area contributed by atoms with Gasteiger partial charge in [-0.3, -0.25) is 0 Å².